The van der Waals surface area contributed by atoms with Crippen molar-refractivity contribution >= 4 is 40.8 Å². The van der Waals surface area contributed by atoms with Crippen molar-refractivity contribution in [2.45, 2.75) is 110 Å². The number of aliphatic hydroxyl groups is 2. The van der Waals surface area contributed by atoms with E-state index in [0.717, 1.165) is 11.5 Å². The van der Waals surface area contributed by atoms with Gasteiger partial charge in [0.05, 0.1) is 46.6 Å². The quantitative estimate of drug-likeness (QED) is 0.173. The zero-order valence-electron chi connectivity index (χ0n) is 34.2. The molecule has 1 aromatic carbocycles. The zero-order valence-corrected chi connectivity index (χ0v) is 35.0. The van der Waals surface area contributed by atoms with Crippen LogP contribution in [0.2, 0.25) is 0 Å². The lowest BCUT2D eigenvalue weighted by Gasteiger charge is -2.38. The van der Waals surface area contributed by atoms with Crippen molar-refractivity contribution in [3.8, 4) is 11.5 Å². The van der Waals surface area contributed by atoms with E-state index >= 15 is 0 Å². The van der Waals surface area contributed by atoms with E-state index in [9.17, 15) is 35.1 Å². The van der Waals surface area contributed by atoms with E-state index in [2.05, 4.69) is 10.6 Å². The molecule has 14 heteroatoms. The molecular weight excluding hydrogens is 749 g/mol. The van der Waals surface area contributed by atoms with Crippen LogP contribution in [0.1, 0.15) is 94.8 Å². The Bertz CT molecular complexity index is 2010. The van der Waals surface area contributed by atoms with Crippen LogP contribution in [0.4, 0.5) is 0 Å². The Morgan fingerprint density at radius 2 is 1.68 bits per heavy atom. The highest BCUT2D eigenvalue weighted by Gasteiger charge is 2.51. The Hall–Kier alpha value is -4.24. The van der Waals surface area contributed by atoms with Gasteiger partial charge in [-0.1, -0.05) is 58.1 Å². The van der Waals surface area contributed by atoms with Crippen molar-refractivity contribution in [1.82, 2.24) is 10.6 Å². The van der Waals surface area contributed by atoms with Crippen LogP contribution < -0.4 is 15.4 Å². The van der Waals surface area contributed by atoms with Gasteiger partial charge < -0.3 is 45.6 Å². The molecule has 1 fully saturated rings. The lowest BCUT2D eigenvalue weighted by molar-refractivity contribution is -0.160. The molecule has 1 aromatic rings. The van der Waals surface area contributed by atoms with Gasteiger partial charge in [-0.3, -0.25) is 19.4 Å². The number of phenolic OH excluding ortho intramolecular Hbond substituents is 1. The average Bonchev–Trinajstić information content (AvgIpc) is 3.67. The number of thioether (sulfide) groups is 1. The number of hydrogen-bond acceptors (Lipinski definition) is 13. The Morgan fingerprint density at radius 1 is 1.00 bits per heavy atom. The van der Waals surface area contributed by atoms with E-state index in [1.807, 2.05) is 30.8 Å². The summed E-state index contributed by atoms with van der Waals surface area (Å²) in [7, 11) is 1.54. The summed E-state index contributed by atoms with van der Waals surface area (Å²) < 4.78 is 18.3. The molecule has 4 heterocycles. The number of rotatable bonds is 2. The monoisotopic (exact) mass is 804 g/mol. The van der Waals surface area contributed by atoms with E-state index in [1.54, 1.807) is 66.9 Å². The number of ether oxygens (including phenoxy) is 3. The molecule has 308 valence electrons. The third-order valence-electron chi connectivity index (χ3n) is 12.4. The molecule has 1 amide bonds. The number of aliphatic hydroxyl groups excluding tert-OH is 2. The lowest BCUT2D eigenvalue weighted by atomic mass is 9.78. The van der Waals surface area contributed by atoms with Gasteiger partial charge in [0.2, 0.25) is 5.78 Å². The topological polar surface area (TPSA) is 200 Å². The number of nitrogens with one attached hydrogen (secondary N) is 3. The predicted octanol–water partition coefficient (Wildman–Crippen LogP) is 5.03. The lowest BCUT2D eigenvalue weighted by Crippen LogP contribution is -2.46. The summed E-state index contributed by atoms with van der Waals surface area (Å²) in [6, 6.07) is 0. The fourth-order valence-electron chi connectivity index (χ4n) is 8.70. The number of carbonyl (C=O) groups is 3. The summed E-state index contributed by atoms with van der Waals surface area (Å²) in [5.41, 5.74) is 0.0140. The first-order valence-electron chi connectivity index (χ1n) is 19.7. The number of allylic oxidation sites excluding steroid dienone is 4. The number of hydrogen-bond donors (Lipinski definition) is 6. The fraction of sp³-hybridized carbons (Fsp3) is 0.558. The smallest absolute Gasteiger partial charge is 0.302 e. The molecular formula is C43H56N4O9S. The van der Waals surface area contributed by atoms with Gasteiger partial charge in [-0.2, -0.15) is 11.8 Å². The van der Waals surface area contributed by atoms with Crippen LogP contribution in [-0.2, 0) is 19.1 Å². The van der Waals surface area contributed by atoms with E-state index in [-0.39, 0.29) is 46.0 Å². The molecule has 0 radical (unpaired) electrons. The number of Topliss-reactive ketones (excluding diaryl/α,β-unsaturated/α-hetero) is 1. The van der Waals surface area contributed by atoms with E-state index in [4.69, 9.17) is 19.2 Å². The SMILES string of the molecule is CO[C@H]1/C=C/C[C@@]2(C)Oc3c(C)c(O)c4c(c3C2=N)C2=NC3(CCSCC3)NC2=C(NC(=O)/C(C)=C\C=C\[C@H](C)[C@H](O)[C@@H](C)[C@@H](O)[C@@H](C)[C@H](OC(C)=O)[C@@H]1C)C4=O. The number of aromatic hydroxyl groups is 1. The first-order valence-corrected chi connectivity index (χ1v) is 20.8. The minimum Gasteiger partial charge on any atom is -0.507 e. The van der Waals surface area contributed by atoms with Crippen LogP contribution in [0, 0.1) is 36.0 Å². The van der Waals surface area contributed by atoms with Gasteiger partial charge in [0, 0.05) is 60.8 Å². The van der Waals surface area contributed by atoms with Crippen LogP contribution in [0.5, 0.6) is 11.5 Å². The summed E-state index contributed by atoms with van der Waals surface area (Å²) in [6.45, 7) is 13.5. The number of amides is 1. The first kappa shape index (κ1) is 42.4. The number of nitrogens with zero attached hydrogens (tertiary/aromatic N) is 1. The van der Waals surface area contributed by atoms with Crippen molar-refractivity contribution < 1.29 is 43.9 Å². The van der Waals surface area contributed by atoms with Crippen molar-refractivity contribution in [2.75, 3.05) is 18.6 Å². The average molecular weight is 805 g/mol. The van der Waals surface area contributed by atoms with Crippen molar-refractivity contribution in [3.63, 3.8) is 0 Å². The van der Waals surface area contributed by atoms with Crippen LogP contribution in [0.3, 0.4) is 0 Å². The summed E-state index contributed by atoms with van der Waals surface area (Å²) in [5, 5.41) is 50.6. The maximum absolute atomic E-state index is 14.6. The summed E-state index contributed by atoms with van der Waals surface area (Å²) in [4.78, 5) is 46.0. The number of aliphatic imine (C=N–C) groups is 1. The van der Waals surface area contributed by atoms with Crippen LogP contribution >= 0.6 is 11.8 Å². The van der Waals surface area contributed by atoms with Gasteiger partial charge in [0.15, 0.2) is 5.60 Å². The number of methoxy groups -OCH3 is 1. The molecule has 4 aliphatic heterocycles. The Balaban J connectivity index is 1.50. The van der Waals surface area contributed by atoms with Gasteiger partial charge in [-0.15, -0.1) is 0 Å². The highest BCUT2D eigenvalue weighted by Crippen LogP contribution is 2.50. The molecule has 13 nitrogen and oxygen atoms in total. The van der Waals surface area contributed by atoms with Crippen LogP contribution in [0.15, 0.2) is 52.3 Å². The van der Waals surface area contributed by atoms with Crippen LogP contribution in [0.25, 0.3) is 0 Å². The molecule has 6 N–H and O–H groups in total. The van der Waals surface area contributed by atoms with Crippen molar-refractivity contribution in [2.24, 2.45) is 28.7 Å². The van der Waals surface area contributed by atoms with Gasteiger partial charge in [-0.25, -0.2) is 0 Å². The zero-order chi connectivity index (χ0) is 41.7. The van der Waals surface area contributed by atoms with E-state index in [0.29, 0.717) is 35.4 Å². The van der Waals surface area contributed by atoms with E-state index in [1.165, 1.54) is 6.92 Å². The molecule has 1 spiro atoms. The van der Waals surface area contributed by atoms with Crippen LogP contribution in [-0.4, -0.2) is 98.7 Å². The van der Waals surface area contributed by atoms with E-state index < -0.39 is 77.0 Å². The van der Waals surface area contributed by atoms with Crippen molar-refractivity contribution in [1.29, 1.82) is 5.41 Å². The third kappa shape index (κ3) is 7.61. The van der Waals surface area contributed by atoms with Gasteiger partial charge in [-0.05, 0) is 45.1 Å². The Labute approximate surface area is 338 Å². The predicted molar refractivity (Wildman–Crippen MR) is 219 cm³/mol. The van der Waals surface area contributed by atoms with Gasteiger partial charge in [0.25, 0.3) is 5.91 Å². The maximum atomic E-state index is 14.6. The standard InChI is InChI=1S/C43H56N4O9S/c1-20-12-10-13-21(2)41(53)45-33-32-31(46-43(47-32)16-18-57-19-17-43)28-29(37(33)52)36(51)25(6)39-30(28)40(44)42(8,56-39)15-11-14-27(54-9)22(3)38(55-26(7)48)24(5)35(50)23(4)34(20)49/h10-14,20,22-24,27,34-35,38,44,47,49-51H,15-19H2,1-9H3,(H,45,53)/b12-10+,14-11+,21-13-,44-40?/t20-,22+,23+,24+,27-,34-,35+,38+,42+/m0/s1. The molecule has 1 aliphatic carbocycles. The molecule has 0 aromatic heterocycles. The third-order valence-corrected chi connectivity index (χ3v) is 13.4. The molecule has 6 rings (SSSR count). The van der Waals surface area contributed by atoms with Gasteiger partial charge >= 0.3 is 5.97 Å². The fourth-order valence-corrected chi connectivity index (χ4v) is 9.87. The molecule has 5 bridgehead atoms. The Kier molecular flexibility index (Phi) is 12.0. The Morgan fingerprint density at radius 3 is 2.33 bits per heavy atom. The second-order valence-electron chi connectivity index (χ2n) is 16.5. The summed E-state index contributed by atoms with van der Waals surface area (Å²) >= 11 is 1.81. The largest absolute Gasteiger partial charge is 0.507 e. The second-order valence-corrected chi connectivity index (χ2v) is 17.7. The maximum Gasteiger partial charge on any atom is 0.302 e. The number of carbonyl (C=O) groups excluding carboxylic acids is 3. The number of esters is 1. The minimum absolute atomic E-state index is 0.0363. The molecule has 0 unspecified atom stereocenters. The second kappa shape index (κ2) is 16.2. The number of phenols is 1. The number of ketones is 1. The number of fused-ring (bicyclic) bond motifs is 3. The molecule has 1 saturated heterocycles. The molecule has 9 atom stereocenters. The molecule has 0 saturated carbocycles. The summed E-state index contributed by atoms with van der Waals surface area (Å²) in [5.74, 6) is -2.16. The minimum atomic E-state index is -1.23. The number of benzene rings is 1. The first-order chi connectivity index (χ1) is 26.9. The highest BCUT2D eigenvalue weighted by atomic mass is 32.2. The summed E-state index contributed by atoms with van der Waals surface area (Å²) in [6.07, 6.45) is 6.71. The van der Waals surface area contributed by atoms with Gasteiger partial charge in [0.1, 0.15) is 29.0 Å². The normalized spacial score (nSPS) is 35.0. The molecule has 5 aliphatic rings. The molecule has 57 heavy (non-hydrogen) atoms. The van der Waals surface area contributed by atoms with Crippen molar-refractivity contribution in [3.05, 3.63) is 69.6 Å². The highest BCUT2D eigenvalue weighted by molar-refractivity contribution is 7.99.